The monoisotopic (exact) mass is 236 g/mol. The van der Waals surface area contributed by atoms with Crippen molar-refractivity contribution in [2.24, 2.45) is 0 Å². The van der Waals surface area contributed by atoms with Gasteiger partial charge in [0.2, 0.25) is 0 Å². The number of nitrogens with one attached hydrogen (secondary N) is 2. The minimum absolute atomic E-state index is 0.302. The maximum absolute atomic E-state index is 11.9. The zero-order valence-corrected chi connectivity index (χ0v) is 9.10. The number of imide groups is 1. The van der Waals surface area contributed by atoms with Crippen molar-refractivity contribution < 1.29 is 9.59 Å². The van der Waals surface area contributed by atoms with Crippen LogP contribution in [0.4, 0.5) is 4.79 Å². The molecule has 0 saturated carbocycles. The van der Waals surface area contributed by atoms with Gasteiger partial charge in [-0.3, -0.25) is 10.1 Å². The number of amides is 3. The van der Waals surface area contributed by atoms with E-state index in [1.165, 1.54) is 0 Å². The average Bonchev–Trinajstić information content (AvgIpc) is 2.72. The second-order valence-electron chi connectivity index (χ2n) is 4.09. The summed E-state index contributed by atoms with van der Waals surface area (Å²) >= 11 is 6.12. The lowest BCUT2D eigenvalue weighted by Crippen LogP contribution is -2.41. The number of benzene rings is 1. The number of fused-ring (bicyclic) bond motifs is 2. The third kappa shape index (κ3) is 1.05. The maximum Gasteiger partial charge on any atom is 0.322 e. The summed E-state index contributed by atoms with van der Waals surface area (Å²) in [4.78, 5) is 23.1. The SMILES string of the molecule is O=C1NC(=O)[C@@]2(CCc3cccc(Cl)c32)N1. The van der Waals surface area contributed by atoms with Crippen LogP contribution in [0.1, 0.15) is 17.5 Å². The van der Waals surface area contributed by atoms with Crippen molar-refractivity contribution in [1.29, 1.82) is 0 Å². The van der Waals surface area contributed by atoms with E-state index >= 15 is 0 Å². The molecule has 0 unspecified atom stereocenters. The quantitative estimate of drug-likeness (QED) is 0.668. The highest BCUT2D eigenvalue weighted by Crippen LogP contribution is 2.42. The van der Waals surface area contributed by atoms with Gasteiger partial charge in [-0.05, 0) is 24.5 Å². The Bertz CT molecular complexity index is 515. The van der Waals surface area contributed by atoms with Gasteiger partial charge >= 0.3 is 6.03 Å². The van der Waals surface area contributed by atoms with Crippen LogP contribution in [0.3, 0.4) is 0 Å². The molecule has 3 amide bonds. The summed E-state index contributed by atoms with van der Waals surface area (Å²) in [5, 5.41) is 5.50. The number of carbonyl (C=O) groups excluding carboxylic acids is 2. The smallest absolute Gasteiger partial charge is 0.319 e. The zero-order valence-electron chi connectivity index (χ0n) is 8.34. The van der Waals surface area contributed by atoms with Gasteiger partial charge < -0.3 is 5.32 Å². The number of hydrogen-bond acceptors (Lipinski definition) is 2. The molecule has 1 aromatic carbocycles. The average molecular weight is 237 g/mol. The minimum Gasteiger partial charge on any atom is -0.319 e. The minimum atomic E-state index is -0.940. The predicted octanol–water partition coefficient (Wildman–Crippen LogP) is 1.32. The van der Waals surface area contributed by atoms with E-state index in [1.807, 2.05) is 12.1 Å². The third-order valence-electron chi connectivity index (χ3n) is 3.24. The van der Waals surface area contributed by atoms with Gasteiger partial charge in [-0.2, -0.15) is 0 Å². The number of aryl methyl sites for hydroxylation is 1. The molecule has 1 fully saturated rings. The molecule has 1 atom stereocenters. The van der Waals surface area contributed by atoms with E-state index in [0.29, 0.717) is 11.4 Å². The highest BCUT2D eigenvalue weighted by Gasteiger charge is 2.52. The molecule has 0 bridgehead atoms. The van der Waals surface area contributed by atoms with Crippen LogP contribution in [0, 0.1) is 0 Å². The van der Waals surface area contributed by atoms with Crippen LogP contribution in [-0.2, 0) is 16.8 Å². The molecule has 5 heteroatoms. The fourth-order valence-electron chi connectivity index (χ4n) is 2.55. The Morgan fingerprint density at radius 3 is 2.81 bits per heavy atom. The van der Waals surface area contributed by atoms with Gasteiger partial charge in [0.15, 0.2) is 0 Å². The number of carbonyl (C=O) groups is 2. The second kappa shape index (κ2) is 2.98. The molecule has 1 heterocycles. The van der Waals surface area contributed by atoms with Crippen molar-refractivity contribution in [3.63, 3.8) is 0 Å². The first-order valence-electron chi connectivity index (χ1n) is 5.05. The molecule has 82 valence electrons. The first-order valence-corrected chi connectivity index (χ1v) is 5.43. The van der Waals surface area contributed by atoms with Gasteiger partial charge in [0.05, 0.1) is 0 Å². The largest absolute Gasteiger partial charge is 0.322 e. The van der Waals surface area contributed by atoms with Gasteiger partial charge in [0, 0.05) is 10.6 Å². The van der Waals surface area contributed by atoms with E-state index in [1.54, 1.807) is 6.07 Å². The van der Waals surface area contributed by atoms with Crippen LogP contribution >= 0.6 is 11.6 Å². The van der Waals surface area contributed by atoms with Crippen LogP contribution < -0.4 is 10.6 Å². The van der Waals surface area contributed by atoms with Gasteiger partial charge in [-0.15, -0.1) is 0 Å². The lowest BCUT2D eigenvalue weighted by Gasteiger charge is -2.21. The maximum atomic E-state index is 11.9. The van der Waals surface area contributed by atoms with E-state index in [-0.39, 0.29) is 5.91 Å². The highest BCUT2D eigenvalue weighted by molar-refractivity contribution is 6.32. The highest BCUT2D eigenvalue weighted by atomic mass is 35.5. The summed E-state index contributed by atoms with van der Waals surface area (Å²) in [5.41, 5.74) is 0.843. The Balaban J connectivity index is 2.22. The van der Waals surface area contributed by atoms with Crippen LogP contribution in [0.5, 0.6) is 0 Å². The predicted molar refractivity (Wildman–Crippen MR) is 58.1 cm³/mol. The first kappa shape index (κ1) is 9.66. The van der Waals surface area contributed by atoms with Gasteiger partial charge in [0.25, 0.3) is 5.91 Å². The van der Waals surface area contributed by atoms with E-state index in [2.05, 4.69) is 10.6 Å². The first-order chi connectivity index (χ1) is 7.63. The summed E-state index contributed by atoms with van der Waals surface area (Å²) in [6.45, 7) is 0. The summed E-state index contributed by atoms with van der Waals surface area (Å²) in [6.07, 6.45) is 1.33. The van der Waals surface area contributed by atoms with Crippen LogP contribution in [0.2, 0.25) is 5.02 Å². The number of halogens is 1. The lowest BCUT2D eigenvalue weighted by molar-refractivity contribution is -0.124. The molecule has 1 aromatic rings. The van der Waals surface area contributed by atoms with Gasteiger partial charge in [-0.1, -0.05) is 23.7 Å². The van der Waals surface area contributed by atoms with Crippen molar-refractivity contribution in [3.05, 3.63) is 34.3 Å². The fraction of sp³-hybridized carbons (Fsp3) is 0.273. The van der Waals surface area contributed by atoms with Crippen molar-refractivity contribution in [1.82, 2.24) is 10.6 Å². The molecule has 16 heavy (non-hydrogen) atoms. The van der Waals surface area contributed by atoms with Crippen LogP contribution in [0.25, 0.3) is 0 Å². The van der Waals surface area contributed by atoms with Crippen molar-refractivity contribution in [3.8, 4) is 0 Å². The Morgan fingerprint density at radius 2 is 2.12 bits per heavy atom. The molecule has 2 N–H and O–H groups in total. The standard InChI is InChI=1S/C11H9ClN2O2/c12-7-3-1-2-6-4-5-11(8(6)7)9(15)13-10(16)14-11/h1-3H,4-5H2,(H2,13,14,15,16)/t11-/m0/s1. The molecule has 1 aliphatic carbocycles. The topological polar surface area (TPSA) is 58.2 Å². The Morgan fingerprint density at radius 1 is 1.31 bits per heavy atom. The normalized spacial score (nSPS) is 26.8. The number of urea groups is 1. The Labute approximate surface area is 97.0 Å². The Hall–Kier alpha value is -1.55. The lowest BCUT2D eigenvalue weighted by atomic mass is 9.92. The van der Waals surface area contributed by atoms with Crippen LogP contribution in [-0.4, -0.2) is 11.9 Å². The third-order valence-corrected chi connectivity index (χ3v) is 3.55. The second-order valence-corrected chi connectivity index (χ2v) is 4.49. The fourth-order valence-corrected chi connectivity index (χ4v) is 2.90. The molecular formula is C11H9ClN2O2. The zero-order chi connectivity index (χ0) is 11.3. The van der Waals surface area contributed by atoms with E-state index < -0.39 is 11.6 Å². The van der Waals surface area contributed by atoms with Gasteiger partial charge in [0.1, 0.15) is 5.54 Å². The van der Waals surface area contributed by atoms with E-state index in [9.17, 15) is 9.59 Å². The van der Waals surface area contributed by atoms with Gasteiger partial charge in [-0.25, -0.2) is 4.79 Å². The van der Waals surface area contributed by atoms with Crippen LogP contribution in [0.15, 0.2) is 18.2 Å². The molecule has 3 rings (SSSR count). The molecule has 4 nitrogen and oxygen atoms in total. The summed E-state index contributed by atoms with van der Waals surface area (Å²) in [5.74, 6) is -0.302. The van der Waals surface area contributed by atoms with Crippen molar-refractivity contribution in [2.45, 2.75) is 18.4 Å². The molecule has 1 aliphatic heterocycles. The van der Waals surface area contributed by atoms with E-state index in [0.717, 1.165) is 17.5 Å². The van der Waals surface area contributed by atoms with E-state index in [4.69, 9.17) is 11.6 Å². The molecule has 1 saturated heterocycles. The van der Waals surface area contributed by atoms with Crippen molar-refractivity contribution in [2.75, 3.05) is 0 Å². The summed E-state index contributed by atoms with van der Waals surface area (Å²) < 4.78 is 0. The summed E-state index contributed by atoms with van der Waals surface area (Å²) in [7, 11) is 0. The number of rotatable bonds is 0. The Kier molecular flexibility index (Phi) is 1.80. The summed E-state index contributed by atoms with van der Waals surface area (Å²) in [6, 6.07) is 5.09. The molecule has 0 aromatic heterocycles. The molecule has 1 spiro atoms. The number of hydrogen-bond donors (Lipinski definition) is 2. The molecule has 2 aliphatic rings. The molecule has 0 radical (unpaired) electrons. The van der Waals surface area contributed by atoms with Crippen molar-refractivity contribution >= 4 is 23.5 Å². The molecular weight excluding hydrogens is 228 g/mol.